The van der Waals surface area contributed by atoms with Crippen molar-refractivity contribution >= 4 is 11.6 Å². The lowest BCUT2D eigenvalue weighted by Crippen LogP contribution is -2.25. The lowest BCUT2D eigenvalue weighted by molar-refractivity contribution is -0.118. The third-order valence-electron chi connectivity index (χ3n) is 1.52. The first-order chi connectivity index (χ1) is 6.36. The number of carbonyl (C=O) groups is 1. The van der Waals surface area contributed by atoms with Crippen LogP contribution in [0.3, 0.4) is 0 Å². The molecule has 0 unspecified atom stereocenters. The Morgan fingerprint density at radius 2 is 2.08 bits per heavy atom. The molecule has 0 aliphatic carbocycles. The zero-order valence-electron chi connectivity index (χ0n) is 7.28. The van der Waals surface area contributed by atoms with E-state index in [1.165, 1.54) is 0 Å². The van der Waals surface area contributed by atoms with Crippen molar-refractivity contribution in [1.82, 2.24) is 0 Å². The number of anilines is 1. The zero-order chi connectivity index (χ0) is 9.68. The number of para-hydroxylation sites is 2. The first-order valence-corrected chi connectivity index (χ1v) is 3.83. The Labute approximate surface area is 76.1 Å². The molecule has 0 saturated carbocycles. The summed E-state index contributed by atoms with van der Waals surface area (Å²) < 4.78 is 5.12. The summed E-state index contributed by atoms with van der Waals surface area (Å²) in [7, 11) is 1.00. The van der Waals surface area contributed by atoms with Crippen LogP contribution in [0.25, 0.3) is 0 Å². The summed E-state index contributed by atoms with van der Waals surface area (Å²) in [6.45, 7) is 0.122. The quantitative estimate of drug-likeness (QED) is 0.617. The topological polar surface area (TPSA) is 58.6 Å². The van der Waals surface area contributed by atoms with Gasteiger partial charge in [-0.2, -0.15) is 0 Å². The molecular weight excluding hydrogens is 170 g/mol. The van der Waals surface area contributed by atoms with Crippen molar-refractivity contribution in [3.8, 4) is 5.75 Å². The number of hydrogen-bond donors (Lipinski definition) is 2. The highest BCUT2D eigenvalue weighted by Gasteiger charge is 2.13. The fourth-order valence-corrected chi connectivity index (χ4v) is 1.03. The van der Waals surface area contributed by atoms with Gasteiger partial charge in [0, 0.05) is 7.11 Å². The van der Waals surface area contributed by atoms with E-state index in [-0.39, 0.29) is 12.5 Å². The number of nitrogens with one attached hydrogen (secondary N) is 1. The van der Waals surface area contributed by atoms with Gasteiger partial charge in [-0.1, -0.05) is 12.1 Å². The van der Waals surface area contributed by atoms with Crippen LogP contribution < -0.4 is 10.1 Å². The van der Waals surface area contributed by atoms with Crippen molar-refractivity contribution in [2.45, 2.75) is 0 Å². The van der Waals surface area contributed by atoms with Crippen molar-refractivity contribution < 1.29 is 14.6 Å². The third-order valence-corrected chi connectivity index (χ3v) is 1.52. The molecular formula is C9H11NO3. The molecule has 1 heterocycles. The van der Waals surface area contributed by atoms with Gasteiger partial charge in [0.2, 0.25) is 0 Å². The number of benzene rings is 1. The SMILES string of the molecule is CO.O=C1COc2ccccc2N1. The molecule has 2 N–H and O–H groups in total. The minimum Gasteiger partial charge on any atom is -0.482 e. The number of fused-ring (bicyclic) bond motifs is 1. The van der Waals surface area contributed by atoms with Gasteiger partial charge in [0.1, 0.15) is 5.75 Å². The molecule has 0 radical (unpaired) electrons. The van der Waals surface area contributed by atoms with Gasteiger partial charge in [-0.05, 0) is 12.1 Å². The molecule has 4 nitrogen and oxygen atoms in total. The smallest absolute Gasteiger partial charge is 0.262 e. The van der Waals surface area contributed by atoms with Crippen LogP contribution in [-0.4, -0.2) is 24.7 Å². The summed E-state index contributed by atoms with van der Waals surface area (Å²) in [6, 6.07) is 7.37. The minimum atomic E-state index is -0.0938. The molecule has 70 valence electrons. The zero-order valence-corrected chi connectivity index (χ0v) is 7.28. The molecule has 1 aromatic carbocycles. The summed E-state index contributed by atoms with van der Waals surface area (Å²) in [5, 5.41) is 9.70. The highest BCUT2D eigenvalue weighted by Crippen LogP contribution is 2.25. The van der Waals surface area contributed by atoms with E-state index in [2.05, 4.69) is 5.32 Å². The Morgan fingerprint density at radius 1 is 1.38 bits per heavy atom. The van der Waals surface area contributed by atoms with Gasteiger partial charge in [-0.15, -0.1) is 0 Å². The lowest BCUT2D eigenvalue weighted by atomic mass is 10.2. The molecule has 0 bridgehead atoms. The van der Waals surface area contributed by atoms with Gasteiger partial charge < -0.3 is 15.2 Å². The fourth-order valence-electron chi connectivity index (χ4n) is 1.03. The fraction of sp³-hybridized carbons (Fsp3) is 0.222. The monoisotopic (exact) mass is 181 g/mol. The predicted octanol–water partition coefficient (Wildman–Crippen LogP) is 0.626. The Kier molecular flexibility index (Phi) is 3.28. The van der Waals surface area contributed by atoms with E-state index in [0.29, 0.717) is 0 Å². The molecule has 1 aliphatic rings. The molecule has 0 atom stereocenters. The van der Waals surface area contributed by atoms with Gasteiger partial charge in [0.05, 0.1) is 5.69 Å². The molecule has 1 amide bonds. The molecule has 0 spiro atoms. The van der Waals surface area contributed by atoms with E-state index in [4.69, 9.17) is 9.84 Å². The lowest BCUT2D eigenvalue weighted by Gasteiger charge is -2.16. The van der Waals surface area contributed by atoms with Crippen LogP contribution in [-0.2, 0) is 4.79 Å². The van der Waals surface area contributed by atoms with Gasteiger partial charge in [-0.25, -0.2) is 0 Å². The molecule has 2 rings (SSSR count). The maximum Gasteiger partial charge on any atom is 0.262 e. The molecule has 4 heteroatoms. The van der Waals surface area contributed by atoms with E-state index in [9.17, 15) is 4.79 Å². The number of rotatable bonds is 0. The summed E-state index contributed by atoms with van der Waals surface area (Å²) in [6.07, 6.45) is 0. The molecule has 1 aliphatic heterocycles. The second-order valence-corrected chi connectivity index (χ2v) is 2.33. The Bertz CT molecular complexity index is 299. The summed E-state index contributed by atoms with van der Waals surface area (Å²) in [4.78, 5) is 10.8. The van der Waals surface area contributed by atoms with Gasteiger partial charge in [0.25, 0.3) is 5.91 Å². The highest BCUT2D eigenvalue weighted by molar-refractivity contribution is 5.95. The van der Waals surface area contributed by atoms with Crippen LogP contribution in [0.1, 0.15) is 0 Å². The second kappa shape index (κ2) is 4.47. The Hall–Kier alpha value is -1.55. The van der Waals surface area contributed by atoms with E-state index in [1.807, 2.05) is 24.3 Å². The van der Waals surface area contributed by atoms with Crippen molar-refractivity contribution in [2.24, 2.45) is 0 Å². The van der Waals surface area contributed by atoms with Crippen molar-refractivity contribution in [3.63, 3.8) is 0 Å². The number of aliphatic hydroxyl groups is 1. The molecule has 0 aromatic heterocycles. The van der Waals surface area contributed by atoms with E-state index in [0.717, 1.165) is 18.5 Å². The van der Waals surface area contributed by atoms with Crippen LogP contribution in [0.2, 0.25) is 0 Å². The van der Waals surface area contributed by atoms with Crippen LogP contribution in [0.15, 0.2) is 24.3 Å². The largest absolute Gasteiger partial charge is 0.482 e. The maximum atomic E-state index is 10.8. The van der Waals surface area contributed by atoms with Crippen LogP contribution in [0, 0.1) is 0 Å². The molecule has 0 fully saturated rings. The van der Waals surface area contributed by atoms with Crippen molar-refractivity contribution in [1.29, 1.82) is 0 Å². The third kappa shape index (κ3) is 2.19. The van der Waals surface area contributed by atoms with E-state index < -0.39 is 0 Å². The number of aliphatic hydroxyl groups excluding tert-OH is 1. The Balaban J connectivity index is 0.000000396. The van der Waals surface area contributed by atoms with Crippen molar-refractivity contribution in [2.75, 3.05) is 19.0 Å². The average Bonchev–Trinajstić information content (AvgIpc) is 2.21. The van der Waals surface area contributed by atoms with Gasteiger partial charge in [-0.3, -0.25) is 4.79 Å². The summed E-state index contributed by atoms with van der Waals surface area (Å²) in [5.41, 5.74) is 0.753. The average molecular weight is 181 g/mol. The summed E-state index contributed by atoms with van der Waals surface area (Å²) in [5.74, 6) is 0.649. The molecule has 0 saturated heterocycles. The van der Waals surface area contributed by atoms with Crippen LogP contribution in [0.4, 0.5) is 5.69 Å². The van der Waals surface area contributed by atoms with Crippen LogP contribution in [0.5, 0.6) is 5.75 Å². The number of carbonyl (C=O) groups excluding carboxylic acids is 1. The van der Waals surface area contributed by atoms with E-state index in [1.54, 1.807) is 0 Å². The predicted molar refractivity (Wildman–Crippen MR) is 48.7 cm³/mol. The van der Waals surface area contributed by atoms with E-state index >= 15 is 0 Å². The minimum absolute atomic E-state index is 0.0938. The first-order valence-electron chi connectivity index (χ1n) is 3.83. The number of hydrogen-bond acceptors (Lipinski definition) is 3. The van der Waals surface area contributed by atoms with Crippen molar-refractivity contribution in [3.05, 3.63) is 24.3 Å². The standard InChI is InChI=1S/C8H7NO2.CH4O/c10-8-5-11-7-4-2-1-3-6(7)9-8;1-2/h1-4H,5H2,(H,9,10);2H,1H3. The number of ether oxygens (including phenoxy) is 1. The molecule has 1 aromatic rings. The normalized spacial score (nSPS) is 12.9. The molecule has 13 heavy (non-hydrogen) atoms. The number of amides is 1. The summed E-state index contributed by atoms with van der Waals surface area (Å²) >= 11 is 0. The van der Waals surface area contributed by atoms with Gasteiger partial charge >= 0.3 is 0 Å². The second-order valence-electron chi connectivity index (χ2n) is 2.33. The van der Waals surface area contributed by atoms with Gasteiger partial charge in [0.15, 0.2) is 6.61 Å². The maximum absolute atomic E-state index is 10.8. The Morgan fingerprint density at radius 3 is 2.85 bits per heavy atom. The van der Waals surface area contributed by atoms with Crippen LogP contribution >= 0.6 is 0 Å². The first kappa shape index (κ1) is 9.54. The highest BCUT2D eigenvalue weighted by atomic mass is 16.5.